The summed E-state index contributed by atoms with van der Waals surface area (Å²) < 4.78 is 10.7. The summed E-state index contributed by atoms with van der Waals surface area (Å²) in [5, 5.41) is 0.582. The molecule has 4 nitrogen and oxygen atoms in total. The minimum atomic E-state index is -4.19. The molecule has 0 heterocycles. The van der Waals surface area contributed by atoms with E-state index in [1.165, 1.54) is 0 Å². The monoisotopic (exact) mass is 235 g/mol. The highest BCUT2D eigenvalue weighted by Crippen LogP contribution is 2.39. The molecule has 1 rings (SSSR count). The molecule has 0 spiro atoms. The van der Waals surface area contributed by atoms with Crippen molar-refractivity contribution in [1.29, 1.82) is 0 Å². The Morgan fingerprint density at radius 2 is 1.86 bits per heavy atom. The van der Waals surface area contributed by atoms with Crippen molar-refractivity contribution in [2.75, 3.05) is 0 Å². The van der Waals surface area contributed by atoms with Crippen LogP contribution in [0.2, 0.25) is 5.02 Å². The van der Waals surface area contributed by atoms with Crippen LogP contribution in [-0.4, -0.2) is 15.6 Å². The smallest absolute Gasteiger partial charge is 0.323 e. The van der Waals surface area contributed by atoms with Gasteiger partial charge in [0, 0.05) is 5.02 Å². The second-order valence-electron chi connectivity index (χ2n) is 2.99. The summed E-state index contributed by atoms with van der Waals surface area (Å²) in [6.45, 7) is 0. The predicted molar refractivity (Wildman–Crippen MR) is 55.2 cm³/mol. The van der Waals surface area contributed by atoms with Gasteiger partial charge in [-0.2, -0.15) is 0 Å². The summed E-state index contributed by atoms with van der Waals surface area (Å²) in [5.41, 5.74) is 6.08. The maximum Gasteiger partial charge on any atom is 0.342 e. The second kappa shape index (κ2) is 4.43. The van der Waals surface area contributed by atoms with Gasteiger partial charge in [-0.25, -0.2) is 0 Å². The first-order chi connectivity index (χ1) is 6.39. The molecule has 0 saturated carbocycles. The van der Waals surface area contributed by atoms with Crippen LogP contribution in [0.4, 0.5) is 0 Å². The van der Waals surface area contributed by atoms with E-state index in [0.29, 0.717) is 5.02 Å². The number of benzene rings is 1. The highest BCUT2D eigenvalue weighted by Gasteiger charge is 2.24. The Hall–Kier alpha value is -0.380. The van der Waals surface area contributed by atoms with Gasteiger partial charge in [0.2, 0.25) is 0 Å². The van der Waals surface area contributed by atoms with Gasteiger partial charge in [-0.05, 0) is 24.1 Å². The first-order valence-corrected chi connectivity index (χ1v) is 6.01. The number of hydrogen-bond donors (Lipinski definition) is 3. The van der Waals surface area contributed by atoms with E-state index in [-0.39, 0.29) is 6.42 Å². The normalized spacial score (nSPS) is 14.0. The molecular formula is C8H11ClNO3P. The molecule has 4 N–H and O–H groups in total. The third kappa shape index (κ3) is 3.40. The molecule has 1 aromatic carbocycles. The Morgan fingerprint density at radius 1 is 1.36 bits per heavy atom. The van der Waals surface area contributed by atoms with Gasteiger partial charge in [0.15, 0.2) is 0 Å². The molecule has 0 amide bonds. The van der Waals surface area contributed by atoms with E-state index >= 15 is 0 Å². The average Bonchev–Trinajstić information content (AvgIpc) is 2.07. The minimum absolute atomic E-state index is 0.140. The molecule has 14 heavy (non-hydrogen) atoms. The van der Waals surface area contributed by atoms with Crippen molar-refractivity contribution in [1.82, 2.24) is 0 Å². The molecule has 0 aliphatic carbocycles. The van der Waals surface area contributed by atoms with Crippen LogP contribution < -0.4 is 5.73 Å². The Kier molecular flexibility index (Phi) is 3.70. The zero-order chi connectivity index (χ0) is 10.8. The van der Waals surface area contributed by atoms with Gasteiger partial charge in [0.05, 0.1) is 0 Å². The summed E-state index contributed by atoms with van der Waals surface area (Å²) in [5.74, 6) is -1.15. The van der Waals surface area contributed by atoms with E-state index in [9.17, 15) is 4.57 Å². The summed E-state index contributed by atoms with van der Waals surface area (Å²) in [7, 11) is -4.19. The van der Waals surface area contributed by atoms with Crippen molar-refractivity contribution in [3.05, 3.63) is 34.9 Å². The van der Waals surface area contributed by atoms with E-state index in [0.717, 1.165) is 5.56 Å². The topological polar surface area (TPSA) is 83.6 Å². The fourth-order valence-corrected chi connectivity index (χ4v) is 1.56. The number of nitrogens with two attached hydrogens (primary N) is 1. The zero-order valence-electron chi connectivity index (χ0n) is 7.30. The minimum Gasteiger partial charge on any atom is -0.323 e. The van der Waals surface area contributed by atoms with Crippen molar-refractivity contribution < 1.29 is 14.4 Å². The Labute approximate surface area is 86.9 Å². The quantitative estimate of drug-likeness (QED) is 0.691. The Bertz CT molecular complexity index is 348. The molecule has 0 aliphatic heterocycles. The van der Waals surface area contributed by atoms with Crippen molar-refractivity contribution in [3.8, 4) is 0 Å². The third-order valence-electron chi connectivity index (χ3n) is 1.79. The first-order valence-electron chi connectivity index (χ1n) is 3.95. The van der Waals surface area contributed by atoms with Crippen molar-refractivity contribution in [2.45, 2.75) is 12.2 Å². The largest absolute Gasteiger partial charge is 0.342 e. The van der Waals surface area contributed by atoms with E-state index in [1.54, 1.807) is 24.3 Å². The van der Waals surface area contributed by atoms with Crippen LogP contribution in [0.5, 0.6) is 0 Å². The van der Waals surface area contributed by atoms with Gasteiger partial charge in [-0.1, -0.05) is 23.7 Å². The van der Waals surface area contributed by atoms with Gasteiger partial charge in [-0.15, -0.1) is 0 Å². The number of hydrogen-bond acceptors (Lipinski definition) is 2. The molecule has 0 bridgehead atoms. The summed E-state index contributed by atoms with van der Waals surface area (Å²) >= 11 is 5.65. The maximum atomic E-state index is 10.7. The highest BCUT2D eigenvalue weighted by molar-refractivity contribution is 7.52. The van der Waals surface area contributed by atoms with Crippen molar-refractivity contribution in [3.63, 3.8) is 0 Å². The molecule has 0 saturated heterocycles. The third-order valence-corrected chi connectivity index (χ3v) is 3.09. The summed E-state index contributed by atoms with van der Waals surface area (Å²) in [6.07, 6.45) is 0.140. The van der Waals surface area contributed by atoms with Gasteiger partial charge >= 0.3 is 7.60 Å². The second-order valence-corrected chi connectivity index (χ2v) is 5.26. The van der Waals surface area contributed by atoms with E-state index < -0.39 is 13.4 Å². The lowest BCUT2D eigenvalue weighted by Gasteiger charge is -2.12. The molecule has 1 atom stereocenters. The van der Waals surface area contributed by atoms with Gasteiger partial charge < -0.3 is 15.5 Å². The van der Waals surface area contributed by atoms with Crippen LogP contribution >= 0.6 is 19.2 Å². The molecule has 0 fully saturated rings. The van der Waals surface area contributed by atoms with Crippen molar-refractivity contribution in [2.24, 2.45) is 5.73 Å². The Morgan fingerprint density at radius 3 is 2.29 bits per heavy atom. The van der Waals surface area contributed by atoms with Crippen LogP contribution in [0.25, 0.3) is 0 Å². The SMILES string of the molecule is NC(Cc1ccc(Cl)cc1)P(=O)(O)O. The lowest BCUT2D eigenvalue weighted by Crippen LogP contribution is -2.22. The molecule has 0 radical (unpaired) electrons. The Balaban J connectivity index is 2.70. The fraction of sp³-hybridized carbons (Fsp3) is 0.250. The molecule has 0 aliphatic rings. The van der Waals surface area contributed by atoms with E-state index in [2.05, 4.69) is 0 Å². The summed E-state index contributed by atoms with van der Waals surface area (Å²) in [4.78, 5) is 17.5. The van der Waals surface area contributed by atoms with E-state index in [4.69, 9.17) is 27.1 Å². The fourth-order valence-electron chi connectivity index (χ4n) is 0.981. The lowest BCUT2D eigenvalue weighted by molar-refractivity contribution is 0.358. The highest BCUT2D eigenvalue weighted by atomic mass is 35.5. The average molecular weight is 236 g/mol. The molecule has 78 valence electrons. The van der Waals surface area contributed by atoms with Crippen LogP contribution in [0.3, 0.4) is 0 Å². The van der Waals surface area contributed by atoms with Crippen molar-refractivity contribution >= 4 is 19.2 Å². The van der Waals surface area contributed by atoms with Gasteiger partial charge in [0.1, 0.15) is 5.78 Å². The molecule has 1 aromatic rings. The van der Waals surface area contributed by atoms with Crippen LogP contribution in [0.15, 0.2) is 24.3 Å². The van der Waals surface area contributed by atoms with E-state index in [1.807, 2.05) is 0 Å². The van der Waals surface area contributed by atoms with Gasteiger partial charge in [-0.3, -0.25) is 4.57 Å². The van der Waals surface area contributed by atoms with Crippen LogP contribution in [-0.2, 0) is 11.0 Å². The standard InChI is InChI=1S/C8H11ClNO3P/c9-7-3-1-6(2-4-7)5-8(10)14(11,12)13/h1-4,8H,5,10H2,(H2,11,12,13). The molecule has 1 unspecified atom stereocenters. The zero-order valence-corrected chi connectivity index (χ0v) is 8.95. The summed E-state index contributed by atoms with van der Waals surface area (Å²) in [6, 6.07) is 6.70. The number of halogens is 1. The predicted octanol–water partition coefficient (Wildman–Crippen LogP) is 1.34. The van der Waals surface area contributed by atoms with Crippen LogP contribution in [0.1, 0.15) is 5.56 Å². The molecular weight excluding hydrogens is 225 g/mol. The van der Waals surface area contributed by atoms with Crippen LogP contribution in [0, 0.1) is 0 Å². The molecule has 6 heteroatoms. The number of rotatable bonds is 3. The van der Waals surface area contributed by atoms with Gasteiger partial charge in [0.25, 0.3) is 0 Å². The first kappa shape index (κ1) is 11.7. The maximum absolute atomic E-state index is 10.7. The lowest BCUT2D eigenvalue weighted by atomic mass is 10.1. The molecule has 0 aromatic heterocycles.